The molecule has 0 aromatic heterocycles. The Bertz CT molecular complexity index is 716. The fourth-order valence-electron chi connectivity index (χ4n) is 4.16. The van der Waals surface area contributed by atoms with Gasteiger partial charge < -0.3 is 10.1 Å². The number of hydrogen-bond donors (Lipinski definition) is 2. The van der Waals surface area contributed by atoms with Crippen LogP contribution in [0.4, 0.5) is 8.78 Å². The van der Waals surface area contributed by atoms with Gasteiger partial charge in [0.1, 0.15) is 11.6 Å². The van der Waals surface area contributed by atoms with E-state index in [9.17, 15) is 17.2 Å². The minimum absolute atomic E-state index is 0.0384. The van der Waals surface area contributed by atoms with Crippen LogP contribution in [-0.4, -0.2) is 46.0 Å². The zero-order chi connectivity index (χ0) is 19.4. The predicted molar refractivity (Wildman–Crippen MR) is 100 cm³/mol. The number of benzene rings is 1. The Morgan fingerprint density at radius 1 is 1.11 bits per heavy atom. The van der Waals surface area contributed by atoms with Gasteiger partial charge in [-0.3, -0.25) is 0 Å². The van der Waals surface area contributed by atoms with Gasteiger partial charge in [0.05, 0.1) is 19.0 Å². The van der Waals surface area contributed by atoms with Crippen molar-refractivity contribution in [3.63, 3.8) is 0 Å². The Morgan fingerprint density at radius 3 is 2.41 bits per heavy atom. The number of ether oxygens (including phenoxy) is 1. The normalized spacial score (nSPS) is 29.6. The molecule has 2 aliphatic rings. The molecular formula is C19H28F2N2O3S. The first-order valence-electron chi connectivity index (χ1n) is 9.58. The van der Waals surface area contributed by atoms with Crippen LogP contribution < -0.4 is 10.0 Å². The third kappa shape index (κ3) is 6.20. The van der Waals surface area contributed by atoms with Crippen molar-refractivity contribution in [2.24, 2.45) is 0 Å². The van der Waals surface area contributed by atoms with E-state index in [2.05, 4.69) is 10.0 Å². The number of halogens is 2. The number of sulfonamides is 1. The zero-order valence-electron chi connectivity index (χ0n) is 15.6. The molecule has 27 heavy (non-hydrogen) atoms. The van der Waals surface area contributed by atoms with Gasteiger partial charge in [-0.25, -0.2) is 21.9 Å². The van der Waals surface area contributed by atoms with Gasteiger partial charge in [0.25, 0.3) is 0 Å². The number of rotatable bonds is 6. The first kappa shape index (κ1) is 20.6. The van der Waals surface area contributed by atoms with E-state index in [4.69, 9.17) is 4.74 Å². The van der Waals surface area contributed by atoms with Crippen LogP contribution in [0.2, 0.25) is 0 Å². The fourth-order valence-corrected chi connectivity index (χ4v) is 4.99. The summed E-state index contributed by atoms with van der Waals surface area (Å²) in [5.74, 6) is -0.908. The number of nitrogens with one attached hydrogen (secondary N) is 2. The van der Waals surface area contributed by atoms with Gasteiger partial charge >= 0.3 is 0 Å². The Morgan fingerprint density at radius 2 is 1.78 bits per heavy atom. The fraction of sp³-hybridized carbons (Fsp3) is 0.684. The lowest BCUT2D eigenvalue weighted by Crippen LogP contribution is -2.55. The van der Waals surface area contributed by atoms with Crippen LogP contribution in [-0.2, 0) is 14.8 Å². The highest BCUT2D eigenvalue weighted by molar-refractivity contribution is 7.88. The van der Waals surface area contributed by atoms with Crippen LogP contribution in [0.5, 0.6) is 0 Å². The summed E-state index contributed by atoms with van der Waals surface area (Å²) in [7, 11) is -3.25. The summed E-state index contributed by atoms with van der Waals surface area (Å²) >= 11 is 0. The average molecular weight is 403 g/mol. The first-order valence-corrected chi connectivity index (χ1v) is 11.5. The maximum absolute atomic E-state index is 13.4. The molecule has 1 aromatic carbocycles. The first-order chi connectivity index (χ1) is 12.8. The zero-order valence-corrected chi connectivity index (χ0v) is 16.4. The summed E-state index contributed by atoms with van der Waals surface area (Å²) in [6, 6.07) is 3.55. The van der Waals surface area contributed by atoms with Gasteiger partial charge in [0.2, 0.25) is 10.0 Å². The van der Waals surface area contributed by atoms with Crippen molar-refractivity contribution in [2.45, 2.75) is 62.6 Å². The van der Waals surface area contributed by atoms with Gasteiger partial charge in [0, 0.05) is 18.2 Å². The molecule has 2 N–H and O–H groups in total. The van der Waals surface area contributed by atoms with E-state index in [-0.39, 0.29) is 24.1 Å². The predicted octanol–water partition coefficient (Wildman–Crippen LogP) is 2.68. The third-order valence-corrected chi connectivity index (χ3v) is 6.22. The lowest BCUT2D eigenvalue weighted by molar-refractivity contribution is 0.00522. The standard InChI is InChI=1S/C19H28F2N2O3S/c1-27(24,25)23-18-3-2-8-22-19(18)12-26-17-6-4-13(5-7-17)14-9-15(20)11-16(21)10-14/h9-11,13,17-19,22-23H,2-8,12H2,1H3/t13?,17?,18-,19-/m1/s1. The van der Waals surface area contributed by atoms with Crippen molar-refractivity contribution in [2.75, 3.05) is 19.4 Å². The van der Waals surface area contributed by atoms with Crippen molar-refractivity contribution in [1.82, 2.24) is 10.0 Å². The molecule has 1 aliphatic heterocycles. The molecule has 0 radical (unpaired) electrons. The number of piperidine rings is 1. The van der Waals surface area contributed by atoms with Gasteiger partial charge in [-0.2, -0.15) is 0 Å². The second-order valence-corrected chi connectivity index (χ2v) is 9.49. The minimum Gasteiger partial charge on any atom is -0.377 e. The molecule has 1 heterocycles. The Kier molecular flexibility index (Phi) is 6.83. The smallest absolute Gasteiger partial charge is 0.209 e. The van der Waals surface area contributed by atoms with Crippen LogP contribution in [0.25, 0.3) is 0 Å². The molecule has 0 bridgehead atoms. The lowest BCUT2D eigenvalue weighted by Gasteiger charge is -2.35. The molecule has 2 atom stereocenters. The summed E-state index contributed by atoms with van der Waals surface area (Å²) in [6.45, 7) is 1.31. The SMILES string of the molecule is CS(=O)(=O)N[C@@H]1CCCN[C@@H]1COC1CCC(c2cc(F)cc(F)c2)CC1. The van der Waals surface area contributed by atoms with Crippen molar-refractivity contribution >= 4 is 10.0 Å². The van der Waals surface area contributed by atoms with E-state index >= 15 is 0 Å². The third-order valence-electron chi connectivity index (χ3n) is 5.49. The van der Waals surface area contributed by atoms with Crippen LogP contribution in [0.15, 0.2) is 18.2 Å². The topological polar surface area (TPSA) is 67.4 Å². The van der Waals surface area contributed by atoms with Gasteiger partial charge in [0.15, 0.2) is 0 Å². The molecule has 1 aliphatic carbocycles. The molecule has 0 amide bonds. The molecule has 8 heteroatoms. The van der Waals surface area contributed by atoms with Crippen molar-refractivity contribution in [1.29, 1.82) is 0 Å². The highest BCUT2D eigenvalue weighted by Crippen LogP contribution is 2.34. The highest BCUT2D eigenvalue weighted by atomic mass is 32.2. The van der Waals surface area contributed by atoms with Crippen molar-refractivity contribution in [3.05, 3.63) is 35.4 Å². The number of hydrogen-bond acceptors (Lipinski definition) is 4. The van der Waals surface area contributed by atoms with E-state index < -0.39 is 21.7 Å². The van der Waals surface area contributed by atoms with E-state index in [1.165, 1.54) is 18.4 Å². The monoisotopic (exact) mass is 402 g/mol. The largest absolute Gasteiger partial charge is 0.377 e. The van der Waals surface area contributed by atoms with Crippen LogP contribution >= 0.6 is 0 Å². The molecule has 1 saturated heterocycles. The Hall–Kier alpha value is -1.09. The van der Waals surface area contributed by atoms with Crippen LogP contribution in [0.1, 0.15) is 50.0 Å². The van der Waals surface area contributed by atoms with Crippen molar-refractivity contribution in [3.8, 4) is 0 Å². The molecule has 5 nitrogen and oxygen atoms in total. The van der Waals surface area contributed by atoms with Crippen LogP contribution in [0.3, 0.4) is 0 Å². The maximum Gasteiger partial charge on any atom is 0.209 e. The maximum atomic E-state index is 13.4. The molecule has 152 valence electrons. The molecule has 0 unspecified atom stereocenters. The Labute approximate surface area is 159 Å². The summed E-state index contributed by atoms with van der Waals surface area (Å²) < 4.78 is 58.7. The summed E-state index contributed by atoms with van der Waals surface area (Å²) in [6.07, 6.45) is 6.33. The minimum atomic E-state index is -3.25. The molecular weight excluding hydrogens is 374 g/mol. The second kappa shape index (κ2) is 8.94. The summed E-state index contributed by atoms with van der Waals surface area (Å²) in [5, 5.41) is 3.34. The molecule has 1 saturated carbocycles. The van der Waals surface area contributed by atoms with Gasteiger partial charge in [-0.15, -0.1) is 0 Å². The van der Waals surface area contributed by atoms with E-state index in [0.717, 1.165) is 56.7 Å². The molecule has 3 rings (SSSR count). The highest BCUT2D eigenvalue weighted by Gasteiger charge is 2.29. The molecule has 1 aromatic rings. The lowest BCUT2D eigenvalue weighted by atomic mass is 9.82. The van der Waals surface area contributed by atoms with E-state index in [0.29, 0.717) is 6.61 Å². The van der Waals surface area contributed by atoms with Crippen molar-refractivity contribution < 1.29 is 21.9 Å². The van der Waals surface area contributed by atoms with Gasteiger partial charge in [-0.05, 0) is 68.7 Å². The van der Waals surface area contributed by atoms with Crippen LogP contribution in [0, 0.1) is 11.6 Å². The second-order valence-electron chi connectivity index (χ2n) is 7.71. The summed E-state index contributed by atoms with van der Waals surface area (Å²) in [5.41, 5.74) is 0.720. The van der Waals surface area contributed by atoms with Gasteiger partial charge in [-0.1, -0.05) is 0 Å². The summed E-state index contributed by atoms with van der Waals surface area (Å²) in [4.78, 5) is 0. The average Bonchev–Trinajstić information content (AvgIpc) is 2.59. The quantitative estimate of drug-likeness (QED) is 0.768. The molecule has 0 spiro atoms. The molecule has 2 fully saturated rings. The van der Waals surface area contributed by atoms with E-state index in [1.54, 1.807) is 0 Å². The van der Waals surface area contributed by atoms with E-state index in [1.807, 2.05) is 0 Å². The Balaban J connectivity index is 1.48.